The molecule has 5 heteroatoms. The Morgan fingerprint density at radius 1 is 1.26 bits per heavy atom. The van der Waals surface area contributed by atoms with Gasteiger partial charge in [-0.1, -0.05) is 0 Å². The lowest BCUT2D eigenvalue weighted by Gasteiger charge is -2.07. The molecular weight excluding hydrogens is 242 g/mol. The van der Waals surface area contributed by atoms with Crippen LogP contribution in [0.15, 0.2) is 30.5 Å². The van der Waals surface area contributed by atoms with E-state index in [1.165, 1.54) is 0 Å². The molecule has 0 fully saturated rings. The molecule has 2 rings (SSSR count). The molecule has 3 N–H and O–H groups in total. The zero-order chi connectivity index (χ0) is 13.7. The summed E-state index contributed by atoms with van der Waals surface area (Å²) in [4.78, 5) is 7.56. The number of imidazole rings is 1. The average molecular weight is 261 g/mol. The van der Waals surface area contributed by atoms with Gasteiger partial charge in [0, 0.05) is 13.7 Å². The topological polar surface area (TPSA) is 73.2 Å². The lowest BCUT2D eigenvalue weighted by molar-refractivity contribution is 0.187. The highest BCUT2D eigenvalue weighted by molar-refractivity contribution is 5.59. The third-order valence-electron chi connectivity index (χ3n) is 2.98. The van der Waals surface area contributed by atoms with Crippen LogP contribution in [-0.2, 0) is 4.74 Å². The number of aromatic nitrogens is 2. The molecule has 0 amide bonds. The second kappa shape index (κ2) is 6.36. The van der Waals surface area contributed by atoms with Crippen molar-refractivity contribution in [2.45, 2.75) is 12.5 Å². The number of benzene rings is 1. The van der Waals surface area contributed by atoms with Crippen molar-refractivity contribution in [2.75, 3.05) is 20.8 Å². The first-order valence-electron chi connectivity index (χ1n) is 6.18. The maximum atomic E-state index is 6.02. The molecule has 1 heterocycles. The molecule has 0 bridgehead atoms. The van der Waals surface area contributed by atoms with E-state index < -0.39 is 0 Å². The maximum absolute atomic E-state index is 6.02. The SMILES string of the molecule is COCCC(N)c1ncc(-c2ccc(OC)cc2)[nH]1. The number of nitrogens with two attached hydrogens (primary N) is 1. The highest BCUT2D eigenvalue weighted by atomic mass is 16.5. The van der Waals surface area contributed by atoms with E-state index in [9.17, 15) is 0 Å². The van der Waals surface area contributed by atoms with E-state index in [0.717, 1.165) is 29.3 Å². The molecule has 1 aromatic heterocycles. The highest BCUT2D eigenvalue weighted by Crippen LogP contribution is 2.22. The van der Waals surface area contributed by atoms with E-state index >= 15 is 0 Å². The number of nitrogens with one attached hydrogen (secondary N) is 1. The van der Waals surface area contributed by atoms with Crippen molar-refractivity contribution in [3.05, 3.63) is 36.3 Å². The number of hydrogen-bond acceptors (Lipinski definition) is 4. The van der Waals surface area contributed by atoms with Crippen molar-refractivity contribution in [1.82, 2.24) is 9.97 Å². The van der Waals surface area contributed by atoms with Crippen LogP contribution in [0.3, 0.4) is 0 Å². The summed E-state index contributed by atoms with van der Waals surface area (Å²) in [6.45, 7) is 0.625. The van der Waals surface area contributed by atoms with Crippen LogP contribution in [-0.4, -0.2) is 30.8 Å². The van der Waals surface area contributed by atoms with Gasteiger partial charge in [-0.3, -0.25) is 0 Å². The van der Waals surface area contributed by atoms with Crippen LogP contribution in [0.4, 0.5) is 0 Å². The van der Waals surface area contributed by atoms with Gasteiger partial charge in [0.1, 0.15) is 11.6 Å². The predicted molar refractivity (Wildman–Crippen MR) is 74.0 cm³/mol. The van der Waals surface area contributed by atoms with Gasteiger partial charge in [0.25, 0.3) is 0 Å². The molecule has 0 aliphatic heterocycles. The summed E-state index contributed by atoms with van der Waals surface area (Å²) < 4.78 is 10.1. The molecule has 1 aromatic carbocycles. The number of nitrogens with zero attached hydrogens (tertiary/aromatic N) is 1. The fourth-order valence-electron chi connectivity index (χ4n) is 1.82. The van der Waals surface area contributed by atoms with Crippen molar-refractivity contribution in [1.29, 1.82) is 0 Å². The fraction of sp³-hybridized carbons (Fsp3) is 0.357. The molecule has 0 spiro atoms. The summed E-state index contributed by atoms with van der Waals surface area (Å²) in [6, 6.07) is 7.67. The van der Waals surface area contributed by atoms with Crippen LogP contribution in [0.5, 0.6) is 5.75 Å². The summed E-state index contributed by atoms with van der Waals surface area (Å²) in [5.41, 5.74) is 8.03. The first-order chi connectivity index (χ1) is 9.24. The Morgan fingerprint density at radius 3 is 2.63 bits per heavy atom. The fourth-order valence-corrected chi connectivity index (χ4v) is 1.82. The average Bonchev–Trinajstić information content (AvgIpc) is 2.94. The van der Waals surface area contributed by atoms with Crippen LogP contribution >= 0.6 is 0 Å². The lowest BCUT2D eigenvalue weighted by Crippen LogP contribution is -2.14. The molecule has 0 saturated heterocycles. The van der Waals surface area contributed by atoms with Crippen LogP contribution in [0.2, 0.25) is 0 Å². The summed E-state index contributed by atoms with van der Waals surface area (Å²) in [6.07, 6.45) is 2.54. The first-order valence-corrected chi connectivity index (χ1v) is 6.18. The van der Waals surface area contributed by atoms with E-state index in [-0.39, 0.29) is 6.04 Å². The molecule has 2 aromatic rings. The number of rotatable bonds is 6. The zero-order valence-corrected chi connectivity index (χ0v) is 11.2. The largest absolute Gasteiger partial charge is 0.497 e. The van der Waals surface area contributed by atoms with Crippen molar-refractivity contribution in [3.8, 4) is 17.0 Å². The molecule has 1 unspecified atom stereocenters. The number of methoxy groups -OCH3 is 2. The molecule has 1 atom stereocenters. The normalized spacial score (nSPS) is 12.4. The molecule has 102 valence electrons. The Hall–Kier alpha value is -1.85. The van der Waals surface area contributed by atoms with E-state index in [1.54, 1.807) is 20.4 Å². The predicted octanol–water partition coefficient (Wildman–Crippen LogP) is 2.12. The van der Waals surface area contributed by atoms with E-state index in [0.29, 0.717) is 6.61 Å². The Kier molecular flexibility index (Phi) is 4.54. The molecule has 5 nitrogen and oxygen atoms in total. The minimum absolute atomic E-state index is 0.132. The maximum Gasteiger partial charge on any atom is 0.123 e. The lowest BCUT2D eigenvalue weighted by atomic mass is 10.1. The quantitative estimate of drug-likeness (QED) is 0.835. The third kappa shape index (κ3) is 3.33. The van der Waals surface area contributed by atoms with Gasteiger partial charge in [0.2, 0.25) is 0 Å². The molecule has 0 saturated carbocycles. The Bertz CT molecular complexity index is 508. The summed E-state index contributed by atoms with van der Waals surface area (Å²) in [7, 11) is 3.32. The minimum Gasteiger partial charge on any atom is -0.497 e. The van der Waals surface area contributed by atoms with Gasteiger partial charge in [-0.05, 0) is 36.2 Å². The Morgan fingerprint density at radius 2 is 2.00 bits per heavy atom. The minimum atomic E-state index is -0.132. The molecular formula is C14H19N3O2. The van der Waals surface area contributed by atoms with Crippen LogP contribution in [0.1, 0.15) is 18.3 Å². The van der Waals surface area contributed by atoms with Crippen molar-refractivity contribution < 1.29 is 9.47 Å². The van der Waals surface area contributed by atoms with E-state index in [1.807, 2.05) is 24.3 Å². The number of aromatic amines is 1. The second-order valence-electron chi connectivity index (χ2n) is 4.30. The third-order valence-corrected chi connectivity index (χ3v) is 2.98. The Balaban J connectivity index is 2.11. The van der Waals surface area contributed by atoms with Gasteiger partial charge in [-0.15, -0.1) is 0 Å². The van der Waals surface area contributed by atoms with Crippen molar-refractivity contribution >= 4 is 0 Å². The first kappa shape index (κ1) is 13.6. The Labute approximate surface area is 112 Å². The molecule has 0 radical (unpaired) electrons. The van der Waals surface area contributed by atoms with Crippen LogP contribution in [0, 0.1) is 0 Å². The van der Waals surface area contributed by atoms with Crippen LogP contribution < -0.4 is 10.5 Å². The standard InChI is InChI=1S/C14H19N3O2/c1-18-8-7-12(15)14-16-9-13(17-14)10-3-5-11(19-2)6-4-10/h3-6,9,12H,7-8,15H2,1-2H3,(H,16,17). The number of ether oxygens (including phenoxy) is 2. The van der Waals surface area contributed by atoms with Crippen LogP contribution in [0.25, 0.3) is 11.3 Å². The molecule has 19 heavy (non-hydrogen) atoms. The van der Waals surface area contributed by atoms with E-state index in [4.69, 9.17) is 15.2 Å². The highest BCUT2D eigenvalue weighted by Gasteiger charge is 2.10. The number of hydrogen-bond donors (Lipinski definition) is 2. The zero-order valence-electron chi connectivity index (χ0n) is 11.2. The van der Waals surface area contributed by atoms with Gasteiger partial charge in [0.05, 0.1) is 25.0 Å². The molecule has 0 aliphatic carbocycles. The summed E-state index contributed by atoms with van der Waals surface area (Å²) in [5.74, 6) is 1.61. The summed E-state index contributed by atoms with van der Waals surface area (Å²) in [5, 5.41) is 0. The van der Waals surface area contributed by atoms with Gasteiger partial charge in [-0.2, -0.15) is 0 Å². The van der Waals surface area contributed by atoms with Gasteiger partial charge >= 0.3 is 0 Å². The second-order valence-corrected chi connectivity index (χ2v) is 4.30. The summed E-state index contributed by atoms with van der Waals surface area (Å²) >= 11 is 0. The van der Waals surface area contributed by atoms with E-state index in [2.05, 4.69) is 9.97 Å². The van der Waals surface area contributed by atoms with Gasteiger partial charge in [0.15, 0.2) is 0 Å². The monoisotopic (exact) mass is 261 g/mol. The van der Waals surface area contributed by atoms with Gasteiger partial charge in [-0.25, -0.2) is 4.98 Å². The van der Waals surface area contributed by atoms with Gasteiger partial charge < -0.3 is 20.2 Å². The molecule has 0 aliphatic rings. The van der Waals surface area contributed by atoms with Crippen molar-refractivity contribution in [3.63, 3.8) is 0 Å². The smallest absolute Gasteiger partial charge is 0.123 e. The van der Waals surface area contributed by atoms with Crippen molar-refractivity contribution in [2.24, 2.45) is 5.73 Å². The number of H-pyrrole nitrogens is 1.